The van der Waals surface area contributed by atoms with E-state index in [9.17, 15) is 9.59 Å². The monoisotopic (exact) mass is 131 g/mol. The minimum atomic E-state index is -0.440. The number of nitrogens with one attached hydrogen (secondary N) is 1. The Balaban J connectivity index is 3.28. The molecule has 0 aliphatic carbocycles. The van der Waals surface area contributed by atoms with E-state index in [1.807, 2.05) is 0 Å². The molecular formula is C5H9NO3. The third kappa shape index (κ3) is 4.80. The molecule has 0 fully saturated rings. The van der Waals surface area contributed by atoms with Crippen LogP contribution in [0.1, 0.15) is 6.92 Å². The molecule has 0 bridgehead atoms. The van der Waals surface area contributed by atoms with Crippen LogP contribution in [0, 0.1) is 0 Å². The van der Waals surface area contributed by atoms with Gasteiger partial charge in [0.25, 0.3) is 0 Å². The van der Waals surface area contributed by atoms with E-state index >= 15 is 0 Å². The quantitative estimate of drug-likeness (QED) is 0.504. The smallest absolute Gasteiger partial charge is 0.325 e. The summed E-state index contributed by atoms with van der Waals surface area (Å²) in [7, 11) is 1.27. The summed E-state index contributed by atoms with van der Waals surface area (Å²) in [6.45, 7) is 1.29. The van der Waals surface area contributed by atoms with Crippen molar-refractivity contribution >= 4 is 11.9 Å². The van der Waals surface area contributed by atoms with E-state index in [2.05, 4.69) is 10.1 Å². The average Bonchev–Trinajstić information content (AvgIpc) is 1.83. The predicted octanol–water partition coefficient (Wildman–Crippen LogP) is -0.705. The Bertz CT molecular complexity index is 121. The van der Waals surface area contributed by atoms with Crippen molar-refractivity contribution in [3.63, 3.8) is 0 Å². The highest BCUT2D eigenvalue weighted by Crippen LogP contribution is 1.68. The fourth-order valence-electron chi connectivity index (χ4n) is 0.269. The number of hydrogen-bond donors (Lipinski definition) is 1. The summed E-state index contributed by atoms with van der Waals surface area (Å²) in [6.07, 6.45) is 0. The molecule has 1 N–H and O–H groups in total. The molecule has 0 aromatic carbocycles. The maximum absolute atomic E-state index is 10.3. The van der Waals surface area contributed by atoms with Crippen molar-refractivity contribution in [2.45, 2.75) is 6.92 Å². The van der Waals surface area contributed by atoms with Gasteiger partial charge in [-0.15, -0.1) is 0 Å². The van der Waals surface area contributed by atoms with Crippen molar-refractivity contribution in [1.82, 2.24) is 5.32 Å². The minimum Gasteiger partial charge on any atom is -0.468 e. The highest BCUT2D eigenvalue weighted by molar-refractivity contribution is 5.80. The maximum atomic E-state index is 10.3. The maximum Gasteiger partial charge on any atom is 0.325 e. The SMILES string of the molecule is COC(=O)CNC(C)=O. The summed E-state index contributed by atoms with van der Waals surface area (Å²) in [5.74, 6) is -0.675. The first-order valence-corrected chi connectivity index (χ1v) is 2.48. The van der Waals surface area contributed by atoms with E-state index in [1.54, 1.807) is 0 Å². The van der Waals surface area contributed by atoms with E-state index < -0.39 is 5.97 Å². The number of methoxy groups -OCH3 is 1. The number of hydrogen-bond acceptors (Lipinski definition) is 3. The van der Waals surface area contributed by atoms with Crippen LogP contribution >= 0.6 is 0 Å². The van der Waals surface area contributed by atoms with Gasteiger partial charge in [-0.1, -0.05) is 0 Å². The van der Waals surface area contributed by atoms with Gasteiger partial charge in [0.1, 0.15) is 6.54 Å². The molecule has 0 heterocycles. The van der Waals surface area contributed by atoms with Gasteiger partial charge in [0.2, 0.25) is 5.91 Å². The van der Waals surface area contributed by atoms with Crippen molar-refractivity contribution in [3.8, 4) is 0 Å². The van der Waals surface area contributed by atoms with Crippen LogP contribution in [0.15, 0.2) is 0 Å². The van der Waals surface area contributed by atoms with Crippen molar-refractivity contribution in [3.05, 3.63) is 0 Å². The lowest BCUT2D eigenvalue weighted by molar-refractivity contribution is -0.140. The van der Waals surface area contributed by atoms with E-state index in [0.29, 0.717) is 0 Å². The molecular weight excluding hydrogens is 122 g/mol. The van der Waals surface area contributed by atoms with Crippen LogP contribution in [0.5, 0.6) is 0 Å². The third-order valence-electron chi connectivity index (χ3n) is 0.709. The first-order chi connectivity index (χ1) is 4.16. The van der Waals surface area contributed by atoms with Gasteiger partial charge < -0.3 is 10.1 Å². The molecule has 0 unspecified atom stereocenters. The summed E-state index contributed by atoms with van der Waals surface area (Å²) in [5.41, 5.74) is 0. The second kappa shape index (κ2) is 3.88. The van der Waals surface area contributed by atoms with E-state index in [-0.39, 0.29) is 12.5 Å². The Morgan fingerprint density at radius 1 is 1.56 bits per heavy atom. The Morgan fingerprint density at radius 2 is 2.11 bits per heavy atom. The fourth-order valence-corrected chi connectivity index (χ4v) is 0.269. The fraction of sp³-hybridized carbons (Fsp3) is 0.600. The molecule has 52 valence electrons. The van der Waals surface area contributed by atoms with Crippen LogP contribution in [0.3, 0.4) is 0 Å². The lowest BCUT2D eigenvalue weighted by atomic mass is 10.6. The summed E-state index contributed by atoms with van der Waals surface area (Å²) in [5, 5.41) is 2.28. The summed E-state index contributed by atoms with van der Waals surface area (Å²) >= 11 is 0. The van der Waals surface area contributed by atoms with Gasteiger partial charge in [-0.3, -0.25) is 9.59 Å². The largest absolute Gasteiger partial charge is 0.468 e. The van der Waals surface area contributed by atoms with E-state index in [1.165, 1.54) is 14.0 Å². The molecule has 0 spiro atoms. The molecule has 4 nitrogen and oxygen atoms in total. The molecule has 0 atom stereocenters. The molecule has 9 heavy (non-hydrogen) atoms. The van der Waals surface area contributed by atoms with Gasteiger partial charge in [-0.05, 0) is 0 Å². The number of esters is 1. The number of amides is 1. The normalized spacial score (nSPS) is 8.22. The van der Waals surface area contributed by atoms with Gasteiger partial charge in [0, 0.05) is 6.92 Å². The van der Waals surface area contributed by atoms with Crippen molar-refractivity contribution in [2.24, 2.45) is 0 Å². The third-order valence-corrected chi connectivity index (χ3v) is 0.709. The summed E-state index contributed by atoms with van der Waals surface area (Å²) < 4.78 is 4.25. The highest BCUT2D eigenvalue weighted by atomic mass is 16.5. The highest BCUT2D eigenvalue weighted by Gasteiger charge is 1.98. The number of carbonyl (C=O) groups is 2. The molecule has 0 saturated carbocycles. The van der Waals surface area contributed by atoms with Crippen LogP contribution in [-0.4, -0.2) is 25.5 Å². The average molecular weight is 131 g/mol. The Morgan fingerprint density at radius 3 is 2.44 bits per heavy atom. The Kier molecular flexibility index (Phi) is 3.43. The zero-order valence-electron chi connectivity index (χ0n) is 5.43. The standard InChI is InChI=1S/C5H9NO3/c1-4(7)6-3-5(8)9-2/h3H2,1-2H3,(H,6,7). The van der Waals surface area contributed by atoms with Crippen LogP contribution in [0.4, 0.5) is 0 Å². The number of rotatable bonds is 2. The molecule has 0 aliphatic heterocycles. The molecule has 1 amide bonds. The molecule has 0 radical (unpaired) electrons. The number of carbonyl (C=O) groups excluding carboxylic acids is 2. The molecule has 0 rings (SSSR count). The van der Waals surface area contributed by atoms with Crippen molar-refractivity contribution in [2.75, 3.05) is 13.7 Å². The van der Waals surface area contributed by atoms with E-state index in [0.717, 1.165) is 0 Å². The molecule has 0 saturated heterocycles. The summed E-state index contributed by atoms with van der Waals surface area (Å²) in [4.78, 5) is 20.4. The topological polar surface area (TPSA) is 55.4 Å². The van der Waals surface area contributed by atoms with Gasteiger partial charge >= 0.3 is 5.97 Å². The first kappa shape index (κ1) is 7.94. The molecule has 0 aromatic rings. The van der Waals surface area contributed by atoms with Gasteiger partial charge in [-0.25, -0.2) is 0 Å². The van der Waals surface area contributed by atoms with Gasteiger partial charge in [0.15, 0.2) is 0 Å². The van der Waals surface area contributed by atoms with Crippen LogP contribution in [0.2, 0.25) is 0 Å². The minimum absolute atomic E-state index is 0.0498. The zero-order valence-corrected chi connectivity index (χ0v) is 5.43. The zero-order chi connectivity index (χ0) is 7.28. The van der Waals surface area contributed by atoms with E-state index in [4.69, 9.17) is 0 Å². The Labute approximate surface area is 53.2 Å². The lowest BCUT2D eigenvalue weighted by Crippen LogP contribution is -2.27. The second-order valence-corrected chi connectivity index (χ2v) is 1.49. The molecule has 0 aliphatic rings. The lowest BCUT2D eigenvalue weighted by Gasteiger charge is -1.97. The molecule has 4 heteroatoms. The van der Waals surface area contributed by atoms with Crippen LogP contribution in [-0.2, 0) is 14.3 Å². The first-order valence-electron chi connectivity index (χ1n) is 2.48. The van der Waals surface area contributed by atoms with Gasteiger partial charge in [-0.2, -0.15) is 0 Å². The number of ether oxygens (including phenoxy) is 1. The molecule has 0 aromatic heterocycles. The van der Waals surface area contributed by atoms with Crippen LogP contribution in [0.25, 0.3) is 0 Å². The van der Waals surface area contributed by atoms with Crippen molar-refractivity contribution in [1.29, 1.82) is 0 Å². The summed E-state index contributed by atoms with van der Waals surface area (Å²) in [6, 6.07) is 0. The van der Waals surface area contributed by atoms with Gasteiger partial charge in [0.05, 0.1) is 7.11 Å². The van der Waals surface area contributed by atoms with Crippen LogP contribution < -0.4 is 5.32 Å². The predicted molar refractivity (Wildman–Crippen MR) is 30.7 cm³/mol. The second-order valence-electron chi connectivity index (χ2n) is 1.49. The van der Waals surface area contributed by atoms with Crippen molar-refractivity contribution < 1.29 is 14.3 Å². The Hall–Kier alpha value is -1.06.